The van der Waals surface area contributed by atoms with E-state index in [0.717, 1.165) is 28.2 Å². The minimum Gasteiger partial charge on any atom is -0.355 e. The number of hydrogen-bond acceptors (Lipinski definition) is 2. The van der Waals surface area contributed by atoms with Gasteiger partial charge < -0.3 is 4.98 Å². The first-order valence-electron chi connectivity index (χ1n) is 8.08. The predicted octanol–water partition coefficient (Wildman–Crippen LogP) is 5.43. The molecule has 1 aromatic heterocycles. The second-order valence-corrected chi connectivity index (χ2v) is 8.12. The van der Waals surface area contributed by atoms with Crippen LogP contribution in [0.5, 0.6) is 0 Å². The van der Waals surface area contributed by atoms with Gasteiger partial charge in [-0.3, -0.25) is 4.72 Å². The summed E-state index contributed by atoms with van der Waals surface area (Å²) in [6, 6.07) is 19.6. The Hall–Kier alpha value is -2.83. The van der Waals surface area contributed by atoms with Gasteiger partial charge in [0, 0.05) is 27.3 Å². The average Bonchev–Trinajstić information content (AvgIpc) is 3.05. The molecule has 0 spiro atoms. The summed E-state index contributed by atoms with van der Waals surface area (Å²) in [6.07, 6.45) is 0. The maximum atomic E-state index is 13.8. The molecule has 4 rings (SSSR count). The van der Waals surface area contributed by atoms with Crippen LogP contribution in [-0.2, 0) is 10.0 Å². The third-order valence-electron chi connectivity index (χ3n) is 4.16. The number of hydrogen-bond donors (Lipinski definition) is 2. The summed E-state index contributed by atoms with van der Waals surface area (Å²) in [6.45, 7) is 0. The van der Waals surface area contributed by atoms with E-state index in [4.69, 9.17) is 11.6 Å². The Morgan fingerprint density at radius 1 is 0.926 bits per heavy atom. The summed E-state index contributed by atoms with van der Waals surface area (Å²) in [5.41, 5.74) is 3.08. The second-order valence-electron chi connectivity index (χ2n) is 6.03. The van der Waals surface area contributed by atoms with E-state index in [0.29, 0.717) is 10.7 Å². The number of sulfonamides is 1. The molecular weight excluding hydrogens is 387 g/mol. The normalized spacial score (nSPS) is 11.6. The van der Waals surface area contributed by atoms with Crippen LogP contribution in [0.4, 0.5) is 10.1 Å². The molecule has 0 bridgehead atoms. The number of halogens is 2. The van der Waals surface area contributed by atoms with Crippen molar-refractivity contribution in [2.75, 3.05) is 4.72 Å². The molecular formula is C20H14ClFN2O2S. The van der Waals surface area contributed by atoms with Gasteiger partial charge in [0.25, 0.3) is 10.0 Å². The summed E-state index contributed by atoms with van der Waals surface area (Å²) in [4.78, 5) is 2.91. The highest BCUT2D eigenvalue weighted by Gasteiger charge is 2.18. The number of fused-ring (bicyclic) bond motifs is 1. The molecule has 0 unspecified atom stereocenters. The van der Waals surface area contributed by atoms with Crippen molar-refractivity contribution in [3.8, 4) is 11.3 Å². The molecule has 0 amide bonds. The summed E-state index contributed by atoms with van der Waals surface area (Å²) in [5.74, 6) is -0.793. The lowest BCUT2D eigenvalue weighted by molar-refractivity contribution is 0.570. The van der Waals surface area contributed by atoms with Gasteiger partial charge in [0.1, 0.15) is 10.7 Å². The number of rotatable bonds is 4. The van der Waals surface area contributed by atoms with Crippen molar-refractivity contribution in [3.05, 3.63) is 83.6 Å². The van der Waals surface area contributed by atoms with Gasteiger partial charge in [-0.05, 0) is 54.1 Å². The van der Waals surface area contributed by atoms with Crippen LogP contribution in [0.2, 0.25) is 5.02 Å². The van der Waals surface area contributed by atoms with E-state index in [1.807, 2.05) is 24.3 Å². The van der Waals surface area contributed by atoms with Crippen LogP contribution in [0.15, 0.2) is 77.7 Å². The van der Waals surface area contributed by atoms with Gasteiger partial charge in [-0.1, -0.05) is 35.9 Å². The van der Waals surface area contributed by atoms with Crippen LogP contribution in [0.1, 0.15) is 0 Å². The van der Waals surface area contributed by atoms with E-state index >= 15 is 0 Å². The van der Waals surface area contributed by atoms with Crippen molar-refractivity contribution in [3.63, 3.8) is 0 Å². The number of aromatic amines is 1. The number of anilines is 1. The Labute approximate surface area is 160 Å². The van der Waals surface area contributed by atoms with E-state index in [1.54, 1.807) is 24.3 Å². The van der Waals surface area contributed by atoms with Gasteiger partial charge in [0.15, 0.2) is 0 Å². The van der Waals surface area contributed by atoms with Crippen molar-refractivity contribution >= 4 is 38.2 Å². The molecule has 7 heteroatoms. The topological polar surface area (TPSA) is 62.0 Å². The average molecular weight is 401 g/mol. The maximum absolute atomic E-state index is 13.8. The Kier molecular flexibility index (Phi) is 4.37. The van der Waals surface area contributed by atoms with Crippen LogP contribution >= 0.6 is 11.6 Å². The molecule has 0 aliphatic carbocycles. The number of benzene rings is 3. The molecule has 0 saturated carbocycles. The second kappa shape index (κ2) is 6.72. The zero-order valence-corrected chi connectivity index (χ0v) is 15.5. The highest BCUT2D eigenvalue weighted by molar-refractivity contribution is 7.92. The zero-order valence-electron chi connectivity index (χ0n) is 13.9. The lowest BCUT2D eigenvalue weighted by Gasteiger charge is -2.09. The number of H-pyrrole nitrogens is 1. The van der Waals surface area contributed by atoms with Crippen LogP contribution in [0.25, 0.3) is 22.2 Å². The fraction of sp³-hybridized carbons (Fsp3) is 0. The van der Waals surface area contributed by atoms with Crippen molar-refractivity contribution < 1.29 is 12.8 Å². The van der Waals surface area contributed by atoms with Gasteiger partial charge in [0.2, 0.25) is 0 Å². The predicted molar refractivity (Wildman–Crippen MR) is 106 cm³/mol. The number of aromatic nitrogens is 1. The SMILES string of the molecule is O=S(=O)(Nc1ccc(-c2cc3cc(Cl)ccc3[nH]2)cc1)c1ccccc1F. The molecule has 0 aliphatic heterocycles. The molecule has 0 radical (unpaired) electrons. The smallest absolute Gasteiger partial charge is 0.264 e. The minimum atomic E-state index is -3.99. The van der Waals surface area contributed by atoms with E-state index in [2.05, 4.69) is 9.71 Å². The highest BCUT2D eigenvalue weighted by Crippen LogP contribution is 2.27. The van der Waals surface area contributed by atoms with Gasteiger partial charge in [-0.25, -0.2) is 12.8 Å². The lowest BCUT2D eigenvalue weighted by Crippen LogP contribution is -2.14. The van der Waals surface area contributed by atoms with E-state index in [1.165, 1.54) is 18.2 Å². The third kappa shape index (κ3) is 3.54. The van der Waals surface area contributed by atoms with Gasteiger partial charge in [0.05, 0.1) is 0 Å². The fourth-order valence-electron chi connectivity index (χ4n) is 2.85. The summed E-state index contributed by atoms with van der Waals surface area (Å²) in [7, 11) is -3.99. The zero-order chi connectivity index (χ0) is 19.0. The highest BCUT2D eigenvalue weighted by atomic mass is 35.5. The molecule has 3 aromatic carbocycles. The summed E-state index contributed by atoms with van der Waals surface area (Å²) >= 11 is 6.01. The van der Waals surface area contributed by atoms with Crippen LogP contribution in [0, 0.1) is 5.82 Å². The fourth-order valence-corrected chi connectivity index (χ4v) is 4.17. The molecule has 0 saturated heterocycles. The molecule has 27 heavy (non-hydrogen) atoms. The maximum Gasteiger partial charge on any atom is 0.264 e. The molecule has 0 aliphatic rings. The van der Waals surface area contributed by atoms with Crippen LogP contribution in [-0.4, -0.2) is 13.4 Å². The van der Waals surface area contributed by atoms with E-state index < -0.39 is 15.8 Å². The van der Waals surface area contributed by atoms with Crippen LogP contribution in [0.3, 0.4) is 0 Å². The standard InChI is InChI=1S/C20H14ClFN2O2S/c21-15-7-10-18-14(11-15)12-19(23-18)13-5-8-16(9-6-13)24-27(25,26)20-4-2-1-3-17(20)22/h1-12,23-24H. The van der Waals surface area contributed by atoms with Gasteiger partial charge >= 0.3 is 0 Å². The number of nitrogens with one attached hydrogen (secondary N) is 2. The Balaban J connectivity index is 1.61. The first-order chi connectivity index (χ1) is 12.9. The first-order valence-corrected chi connectivity index (χ1v) is 9.94. The summed E-state index contributed by atoms with van der Waals surface area (Å²) < 4.78 is 40.9. The van der Waals surface area contributed by atoms with Gasteiger partial charge in [-0.15, -0.1) is 0 Å². The Bertz CT molecular complexity index is 1230. The third-order valence-corrected chi connectivity index (χ3v) is 5.81. The van der Waals surface area contributed by atoms with Crippen molar-refractivity contribution in [2.45, 2.75) is 4.90 Å². The Morgan fingerprint density at radius 2 is 1.67 bits per heavy atom. The quantitative estimate of drug-likeness (QED) is 0.480. The Morgan fingerprint density at radius 3 is 2.41 bits per heavy atom. The molecule has 136 valence electrons. The van der Waals surface area contributed by atoms with Crippen molar-refractivity contribution in [2.24, 2.45) is 0 Å². The lowest BCUT2D eigenvalue weighted by atomic mass is 10.1. The van der Waals surface area contributed by atoms with Crippen molar-refractivity contribution in [1.29, 1.82) is 0 Å². The molecule has 0 atom stereocenters. The van der Waals surface area contributed by atoms with Crippen molar-refractivity contribution in [1.82, 2.24) is 4.98 Å². The van der Waals surface area contributed by atoms with E-state index in [-0.39, 0.29) is 4.90 Å². The monoisotopic (exact) mass is 400 g/mol. The molecule has 1 heterocycles. The van der Waals surface area contributed by atoms with Gasteiger partial charge in [-0.2, -0.15) is 0 Å². The molecule has 4 nitrogen and oxygen atoms in total. The first kappa shape index (κ1) is 17.6. The largest absolute Gasteiger partial charge is 0.355 e. The van der Waals surface area contributed by atoms with E-state index in [9.17, 15) is 12.8 Å². The molecule has 4 aromatic rings. The minimum absolute atomic E-state index is 0.348. The molecule has 0 fully saturated rings. The molecule has 2 N–H and O–H groups in total. The summed E-state index contributed by atoms with van der Waals surface area (Å²) in [5, 5.41) is 1.65. The van der Waals surface area contributed by atoms with Crippen LogP contribution < -0.4 is 4.72 Å².